The van der Waals surface area contributed by atoms with Gasteiger partial charge in [0, 0.05) is 31.7 Å². The molecule has 3 aromatic carbocycles. The zero-order chi connectivity index (χ0) is 29.3. The molecule has 0 bridgehead atoms. The number of fused-ring (bicyclic) bond motifs is 1. The zero-order valence-corrected chi connectivity index (χ0v) is 25.0. The van der Waals surface area contributed by atoms with Gasteiger partial charge in [0.05, 0.1) is 29.4 Å². The molecular formula is C34H40N4O3. The SMILES string of the molecule is CCc1cccc(C)c1N(C(=O)Cn1c(C2CC(=O)N(c3ccc(C)cc3C)C2)nc2ccccc21)C(C)COC. The van der Waals surface area contributed by atoms with Crippen molar-refractivity contribution >= 4 is 34.2 Å². The monoisotopic (exact) mass is 552 g/mol. The molecule has 1 aliphatic rings. The number of imidazole rings is 1. The van der Waals surface area contributed by atoms with Crippen LogP contribution in [0.5, 0.6) is 0 Å². The molecule has 0 radical (unpaired) electrons. The van der Waals surface area contributed by atoms with Crippen LogP contribution >= 0.6 is 0 Å². The fraction of sp³-hybridized carbons (Fsp3) is 0.382. The van der Waals surface area contributed by atoms with Gasteiger partial charge in [0.25, 0.3) is 0 Å². The summed E-state index contributed by atoms with van der Waals surface area (Å²) in [4.78, 5) is 36.4. The highest BCUT2D eigenvalue weighted by atomic mass is 16.5. The second-order valence-electron chi connectivity index (χ2n) is 11.2. The van der Waals surface area contributed by atoms with Crippen molar-refractivity contribution in [2.45, 2.75) is 66.0 Å². The third kappa shape index (κ3) is 5.51. The second kappa shape index (κ2) is 11.9. The number of amides is 2. The van der Waals surface area contributed by atoms with E-state index in [4.69, 9.17) is 9.72 Å². The van der Waals surface area contributed by atoms with Crippen molar-refractivity contribution in [3.05, 3.63) is 88.7 Å². The highest BCUT2D eigenvalue weighted by molar-refractivity contribution is 5.98. The minimum absolute atomic E-state index is 0.0292. The zero-order valence-electron chi connectivity index (χ0n) is 25.0. The lowest BCUT2D eigenvalue weighted by Gasteiger charge is -2.32. The number of nitrogens with zero attached hydrogens (tertiary/aromatic N) is 4. The Morgan fingerprint density at radius 2 is 1.85 bits per heavy atom. The Labute approximate surface area is 242 Å². The van der Waals surface area contributed by atoms with Gasteiger partial charge in [-0.1, -0.05) is 55.0 Å². The molecule has 7 nitrogen and oxygen atoms in total. The van der Waals surface area contributed by atoms with Crippen LogP contribution in [-0.4, -0.2) is 47.7 Å². The summed E-state index contributed by atoms with van der Waals surface area (Å²) in [5.74, 6) is 0.700. The number of aromatic nitrogens is 2. The number of ether oxygens (including phenoxy) is 1. The molecule has 0 saturated carbocycles. The van der Waals surface area contributed by atoms with Crippen LogP contribution < -0.4 is 9.80 Å². The molecule has 41 heavy (non-hydrogen) atoms. The van der Waals surface area contributed by atoms with Gasteiger partial charge in [-0.2, -0.15) is 0 Å². The third-order valence-corrected chi connectivity index (χ3v) is 8.17. The van der Waals surface area contributed by atoms with Crippen molar-refractivity contribution in [1.29, 1.82) is 0 Å². The standard InChI is InChI=1S/C34H40N4O3/c1-7-26-12-10-11-23(3)33(26)38(25(5)21-41-6)32(40)20-37-30-14-9-8-13-28(30)35-34(37)27-18-31(39)36(19-27)29-16-15-22(2)17-24(29)4/h8-17,25,27H,7,18-21H2,1-6H3. The quantitative estimate of drug-likeness (QED) is 0.251. The summed E-state index contributed by atoms with van der Waals surface area (Å²) in [7, 11) is 1.66. The number of carbonyl (C=O) groups is 2. The number of benzene rings is 3. The van der Waals surface area contributed by atoms with Crippen LogP contribution in [0.2, 0.25) is 0 Å². The number of para-hydroxylation sites is 3. The van der Waals surface area contributed by atoms with Gasteiger partial charge in [-0.25, -0.2) is 4.98 Å². The lowest BCUT2D eigenvalue weighted by Crippen LogP contribution is -2.44. The van der Waals surface area contributed by atoms with Crippen molar-refractivity contribution in [2.24, 2.45) is 0 Å². The van der Waals surface area contributed by atoms with E-state index in [9.17, 15) is 9.59 Å². The van der Waals surface area contributed by atoms with Crippen LogP contribution in [0.4, 0.5) is 11.4 Å². The average Bonchev–Trinajstić information content (AvgIpc) is 3.50. The summed E-state index contributed by atoms with van der Waals surface area (Å²) < 4.78 is 7.53. The first-order valence-corrected chi connectivity index (χ1v) is 14.5. The molecule has 2 heterocycles. The Bertz CT molecular complexity index is 1590. The Morgan fingerprint density at radius 3 is 2.59 bits per heavy atom. The van der Waals surface area contributed by atoms with Gasteiger partial charge in [0.1, 0.15) is 12.4 Å². The smallest absolute Gasteiger partial charge is 0.247 e. The summed E-state index contributed by atoms with van der Waals surface area (Å²) in [6.07, 6.45) is 1.17. The Balaban J connectivity index is 1.54. The van der Waals surface area contributed by atoms with Gasteiger partial charge in [-0.15, -0.1) is 0 Å². The average molecular weight is 553 g/mol. The van der Waals surface area contributed by atoms with Crippen molar-refractivity contribution in [1.82, 2.24) is 9.55 Å². The molecule has 1 fully saturated rings. The lowest BCUT2D eigenvalue weighted by molar-refractivity contribution is -0.120. The summed E-state index contributed by atoms with van der Waals surface area (Å²) in [6.45, 7) is 11.4. The molecule has 0 aliphatic carbocycles. The van der Waals surface area contributed by atoms with E-state index < -0.39 is 0 Å². The van der Waals surface area contributed by atoms with Gasteiger partial charge in [0.15, 0.2) is 0 Å². The number of anilines is 2. The van der Waals surface area contributed by atoms with E-state index in [1.54, 1.807) is 7.11 Å². The van der Waals surface area contributed by atoms with E-state index in [0.29, 0.717) is 19.6 Å². The predicted molar refractivity (Wildman–Crippen MR) is 165 cm³/mol. The van der Waals surface area contributed by atoms with E-state index in [-0.39, 0.29) is 30.3 Å². The van der Waals surface area contributed by atoms with Crippen molar-refractivity contribution < 1.29 is 14.3 Å². The molecule has 2 unspecified atom stereocenters. The highest BCUT2D eigenvalue weighted by Crippen LogP contribution is 2.35. The maximum Gasteiger partial charge on any atom is 0.247 e. The maximum atomic E-state index is 14.3. The molecule has 2 atom stereocenters. The van der Waals surface area contributed by atoms with Crippen LogP contribution in [0.15, 0.2) is 60.7 Å². The van der Waals surface area contributed by atoms with Gasteiger partial charge in [-0.05, 0) is 69.0 Å². The predicted octanol–water partition coefficient (Wildman–Crippen LogP) is 6.11. The topological polar surface area (TPSA) is 67.7 Å². The maximum absolute atomic E-state index is 14.3. The van der Waals surface area contributed by atoms with Crippen LogP contribution in [-0.2, 0) is 27.3 Å². The number of rotatable bonds is 9. The van der Waals surface area contributed by atoms with E-state index in [0.717, 1.165) is 51.3 Å². The van der Waals surface area contributed by atoms with Crippen molar-refractivity contribution in [2.75, 3.05) is 30.1 Å². The molecule has 2 amide bonds. The molecule has 1 aromatic heterocycles. The first kappa shape index (κ1) is 28.6. The number of aryl methyl sites for hydroxylation is 4. The summed E-state index contributed by atoms with van der Waals surface area (Å²) in [5.41, 5.74) is 8.05. The van der Waals surface area contributed by atoms with Gasteiger partial charge < -0.3 is 19.1 Å². The number of methoxy groups -OCH3 is 1. The normalized spacial score (nSPS) is 16.0. The molecule has 7 heteroatoms. The molecule has 1 saturated heterocycles. The van der Waals surface area contributed by atoms with Gasteiger partial charge >= 0.3 is 0 Å². The summed E-state index contributed by atoms with van der Waals surface area (Å²) in [5, 5.41) is 0. The van der Waals surface area contributed by atoms with E-state index in [1.165, 1.54) is 5.56 Å². The van der Waals surface area contributed by atoms with Gasteiger partial charge in [0.2, 0.25) is 11.8 Å². The van der Waals surface area contributed by atoms with E-state index in [1.807, 2.05) is 70.7 Å². The fourth-order valence-electron chi connectivity index (χ4n) is 6.26. The number of carbonyl (C=O) groups excluding carboxylic acids is 2. The number of hydrogen-bond acceptors (Lipinski definition) is 4. The largest absolute Gasteiger partial charge is 0.383 e. The number of hydrogen-bond donors (Lipinski definition) is 0. The van der Waals surface area contributed by atoms with E-state index >= 15 is 0 Å². The van der Waals surface area contributed by atoms with Gasteiger partial charge in [-0.3, -0.25) is 9.59 Å². The molecule has 5 rings (SSSR count). The Kier molecular flexibility index (Phi) is 8.27. The Hall–Kier alpha value is -3.97. The first-order valence-electron chi connectivity index (χ1n) is 14.5. The fourth-order valence-corrected chi connectivity index (χ4v) is 6.26. The second-order valence-corrected chi connectivity index (χ2v) is 11.2. The lowest BCUT2D eigenvalue weighted by atomic mass is 10.0. The molecular weight excluding hydrogens is 512 g/mol. The first-order chi connectivity index (χ1) is 19.7. The van der Waals surface area contributed by atoms with Crippen molar-refractivity contribution in [3.63, 3.8) is 0 Å². The minimum Gasteiger partial charge on any atom is -0.383 e. The van der Waals surface area contributed by atoms with Crippen LogP contribution in [0, 0.1) is 20.8 Å². The van der Waals surface area contributed by atoms with Crippen LogP contribution in [0.1, 0.15) is 54.3 Å². The molecule has 214 valence electrons. The highest BCUT2D eigenvalue weighted by Gasteiger charge is 2.36. The van der Waals surface area contributed by atoms with E-state index in [2.05, 4.69) is 39.0 Å². The summed E-state index contributed by atoms with van der Waals surface area (Å²) in [6, 6.07) is 20.1. The molecule has 0 spiro atoms. The third-order valence-electron chi connectivity index (χ3n) is 8.17. The minimum atomic E-state index is -0.162. The molecule has 0 N–H and O–H groups in total. The van der Waals surface area contributed by atoms with Crippen molar-refractivity contribution in [3.8, 4) is 0 Å². The van der Waals surface area contributed by atoms with Crippen LogP contribution in [0.3, 0.4) is 0 Å². The Morgan fingerprint density at radius 1 is 1.07 bits per heavy atom. The van der Waals surface area contributed by atoms with Crippen LogP contribution in [0.25, 0.3) is 11.0 Å². The molecule has 1 aliphatic heterocycles. The summed E-state index contributed by atoms with van der Waals surface area (Å²) >= 11 is 0. The molecule has 4 aromatic rings.